The maximum Gasteiger partial charge on any atom is 0.454 e. The Bertz CT molecular complexity index is 479. The largest absolute Gasteiger partial charge is 0.454 e. The van der Waals surface area contributed by atoms with Crippen LogP contribution in [0, 0.1) is 0 Å². The van der Waals surface area contributed by atoms with Gasteiger partial charge in [-0.15, -0.1) is 0 Å². The van der Waals surface area contributed by atoms with Gasteiger partial charge < -0.3 is 4.90 Å². The molecule has 1 aliphatic heterocycles. The minimum Gasteiger partial charge on any atom is -0.373 e. The van der Waals surface area contributed by atoms with Crippen molar-refractivity contribution in [1.29, 1.82) is 0 Å². The lowest BCUT2D eigenvalue weighted by Crippen LogP contribution is -2.27. The van der Waals surface area contributed by atoms with Crippen LogP contribution in [0.15, 0.2) is 36.5 Å². The first-order chi connectivity index (χ1) is 8.47. The highest BCUT2D eigenvalue weighted by atomic mass is 19.4. The molecule has 0 bridgehead atoms. The molecule has 0 unspecified atom stereocenters. The molecule has 0 saturated carbocycles. The number of allylic oxidation sites excluding steroid dienone is 1. The van der Waals surface area contributed by atoms with Crippen LogP contribution >= 0.6 is 0 Å². The molecule has 0 N–H and O–H groups in total. The lowest BCUT2D eigenvalue weighted by Gasteiger charge is -2.27. The molecular weight excluding hydrogens is 243 g/mol. The fourth-order valence-electron chi connectivity index (χ4n) is 1.91. The molecule has 0 atom stereocenters. The van der Waals surface area contributed by atoms with Gasteiger partial charge in [0.2, 0.25) is 0 Å². The van der Waals surface area contributed by atoms with Gasteiger partial charge in [-0.25, -0.2) is 0 Å². The van der Waals surface area contributed by atoms with Crippen molar-refractivity contribution in [3.05, 3.63) is 47.7 Å². The summed E-state index contributed by atoms with van der Waals surface area (Å²) in [5.74, 6) is -1.82. The highest BCUT2D eigenvalue weighted by molar-refractivity contribution is 5.94. The molecule has 0 saturated heterocycles. The Labute approximate surface area is 103 Å². The molecule has 0 aromatic heterocycles. The van der Waals surface area contributed by atoms with Crippen LogP contribution in [0.3, 0.4) is 0 Å². The minimum absolute atomic E-state index is 0.539. The molecule has 0 aliphatic carbocycles. The van der Waals surface area contributed by atoms with Crippen molar-refractivity contribution in [2.24, 2.45) is 0 Å². The summed E-state index contributed by atoms with van der Waals surface area (Å²) >= 11 is 0. The lowest BCUT2D eigenvalue weighted by atomic mass is 10.0. The standard InChI is InChI=1S/C13H12F3NO/c14-13(15,16)12(18)6-8-17-7-5-10-3-1-2-4-11(10)9-17/h1-4,6,8H,5,7,9H2. The number of nitrogens with zero attached hydrogens (tertiary/aromatic N) is 1. The van der Waals surface area contributed by atoms with E-state index in [9.17, 15) is 18.0 Å². The number of hydrogen-bond acceptors (Lipinski definition) is 2. The Morgan fingerprint density at radius 2 is 1.89 bits per heavy atom. The molecule has 1 aromatic rings. The van der Waals surface area contributed by atoms with Gasteiger partial charge in [0.05, 0.1) is 0 Å². The zero-order valence-electron chi connectivity index (χ0n) is 9.57. The molecule has 18 heavy (non-hydrogen) atoms. The Balaban J connectivity index is 2.02. The Morgan fingerprint density at radius 3 is 2.56 bits per heavy atom. The van der Waals surface area contributed by atoms with Crippen molar-refractivity contribution in [2.45, 2.75) is 19.1 Å². The summed E-state index contributed by atoms with van der Waals surface area (Å²) in [5, 5.41) is 0. The monoisotopic (exact) mass is 255 g/mol. The second-order valence-electron chi connectivity index (χ2n) is 4.17. The quantitative estimate of drug-likeness (QED) is 0.757. The molecule has 5 heteroatoms. The van der Waals surface area contributed by atoms with Gasteiger partial charge in [0.15, 0.2) is 0 Å². The van der Waals surface area contributed by atoms with Gasteiger partial charge in [-0.05, 0) is 17.5 Å². The molecule has 0 radical (unpaired) electrons. The zero-order chi connectivity index (χ0) is 13.2. The molecule has 0 fully saturated rings. The lowest BCUT2D eigenvalue weighted by molar-refractivity contribution is -0.165. The van der Waals surface area contributed by atoms with Crippen LogP contribution in [0.2, 0.25) is 0 Å². The maximum atomic E-state index is 12.0. The first kappa shape index (κ1) is 12.7. The van der Waals surface area contributed by atoms with Gasteiger partial charge in [-0.1, -0.05) is 24.3 Å². The van der Waals surface area contributed by atoms with Crippen molar-refractivity contribution >= 4 is 5.78 Å². The normalized spacial score (nSPS) is 15.8. The third-order valence-electron chi connectivity index (χ3n) is 2.88. The van der Waals surface area contributed by atoms with Crippen LogP contribution in [0.25, 0.3) is 0 Å². The fourth-order valence-corrected chi connectivity index (χ4v) is 1.91. The number of carbonyl (C=O) groups excluding carboxylic acids is 1. The first-order valence-corrected chi connectivity index (χ1v) is 5.57. The van der Waals surface area contributed by atoms with Gasteiger partial charge in [0.25, 0.3) is 5.78 Å². The van der Waals surface area contributed by atoms with Crippen molar-refractivity contribution in [2.75, 3.05) is 6.54 Å². The highest BCUT2D eigenvalue weighted by Crippen LogP contribution is 2.20. The molecule has 1 aromatic carbocycles. The molecule has 2 rings (SSSR count). The van der Waals surface area contributed by atoms with E-state index in [0.29, 0.717) is 19.2 Å². The minimum atomic E-state index is -4.79. The van der Waals surface area contributed by atoms with E-state index in [-0.39, 0.29) is 0 Å². The Morgan fingerprint density at radius 1 is 1.22 bits per heavy atom. The van der Waals surface area contributed by atoms with Gasteiger partial charge in [0, 0.05) is 25.4 Å². The maximum absolute atomic E-state index is 12.0. The van der Waals surface area contributed by atoms with Crippen LogP contribution in [0.5, 0.6) is 0 Å². The van der Waals surface area contributed by atoms with Gasteiger partial charge >= 0.3 is 6.18 Å². The van der Waals surface area contributed by atoms with E-state index in [2.05, 4.69) is 0 Å². The smallest absolute Gasteiger partial charge is 0.373 e. The Hall–Kier alpha value is -1.78. The van der Waals surface area contributed by atoms with Crippen LogP contribution in [0.4, 0.5) is 13.2 Å². The second kappa shape index (κ2) is 4.84. The van der Waals surface area contributed by atoms with Crippen LogP contribution in [-0.2, 0) is 17.8 Å². The summed E-state index contributed by atoms with van der Waals surface area (Å²) in [5.41, 5.74) is 2.30. The third kappa shape index (κ3) is 2.91. The first-order valence-electron chi connectivity index (χ1n) is 5.57. The van der Waals surface area contributed by atoms with E-state index in [1.165, 1.54) is 11.8 Å². The van der Waals surface area contributed by atoms with Crippen molar-refractivity contribution in [3.63, 3.8) is 0 Å². The van der Waals surface area contributed by atoms with Gasteiger partial charge in [0.1, 0.15) is 0 Å². The van der Waals surface area contributed by atoms with Crippen molar-refractivity contribution < 1.29 is 18.0 Å². The summed E-state index contributed by atoms with van der Waals surface area (Å²) in [6, 6.07) is 7.79. The highest BCUT2D eigenvalue weighted by Gasteiger charge is 2.36. The average Bonchev–Trinajstić information content (AvgIpc) is 2.34. The predicted octanol–water partition coefficient (Wildman–Crippen LogP) is 2.69. The summed E-state index contributed by atoms with van der Waals surface area (Å²) in [6.45, 7) is 1.16. The van der Waals surface area contributed by atoms with E-state index in [1.54, 1.807) is 4.90 Å². The molecule has 0 amide bonds. The zero-order valence-corrected chi connectivity index (χ0v) is 9.57. The Kier molecular flexibility index (Phi) is 3.41. The van der Waals surface area contributed by atoms with E-state index in [4.69, 9.17) is 0 Å². The predicted molar refractivity (Wildman–Crippen MR) is 60.8 cm³/mol. The number of hydrogen-bond donors (Lipinski definition) is 0. The molecular formula is C13H12F3NO. The average molecular weight is 255 g/mol. The summed E-state index contributed by atoms with van der Waals surface area (Å²) in [7, 11) is 0. The van der Waals surface area contributed by atoms with Crippen molar-refractivity contribution in [3.8, 4) is 0 Å². The van der Waals surface area contributed by atoms with E-state index in [0.717, 1.165) is 12.0 Å². The number of alkyl halides is 3. The summed E-state index contributed by atoms with van der Waals surface area (Å²) in [4.78, 5) is 12.4. The number of rotatable bonds is 2. The molecule has 1 heterocycles. The fraction of sp³-hybridized carbons (Fsp3) is 0.308. The molecule has 96 valence electrons. The second-order valence-corrected chi connectivity index (χ2v) is 4.17. The van der Waals surface area contributed by atoms with Crippen LogP contribution in [-0.4, -0.2) is 23.4 Å². The van der Waals surface area contributed by atoms with E-state index < -0.39 is 12.0 Å². The third-order valence-corrected chi connectivity index (χ3v) is 2.88. The molecule has 0 spiro atoms. The van der Waals surface area contributed by atoms with E-state index >= 15 is 0 Å². The topological polar surface area (TPSA) is 20.3 Å². The number of halogens is 3. The van der Waals surface area contributed by atoms with Crippen LogP contribution in [0.1, 0.15) is 11.1 Å². The van der Waals surface area contributed by atoms with Gasteiger partial charge in [-0.2, -0.15) is 13.2 Å². The number of benzene rings is 1. The SMILES string of the molecule is O=C(C=CN1CCc2ccccc2C1)C(F)(F)F. The summed E-state index contributed by atoms with van der Waals surface area (Å²) < 4.78 is 36.1. The number of ketones is 1. The molecule has 1 aliphatic rings. The number of carbonyl (C=O) groups is 1. The van der Waals surface area contributed by atoms with Crippen molar-refractivity contribution in [1.82, 2.24) is 4.90 Å². The number of fused-ring (bicyclic) bond motifs is 1. The van der Waals surface area contributed by atoms with E-state index in [1.807, 2.05) is 24.3 Å². The van der Waals surface area contributed by atoms with Gasteiger partial charge in [-0.3, -0.25) is 4.79 Å². The molecule has 2 nitrogen and oxygen atoms in total. The van der Waals surface area contributed by atoms with Crippen LogP contribution < -0.4 is 0 Å². The summed E-state index contributed by atoms with van der Waals surface area (Å²) in [6.07, 6.45) is -2.19.